The van der Waals surface area contributed by atoms with Crippen molar-refractivity contribution in [3.63, 3.8) is 0 Å². The van der Waals surface area contributed by atoms with E-state index in [0.29, 0.717) is 65.3 Å². The van der Waals surface area contributed by atoms with Crippen LogP contribution in [-0.2, 0) is 9.53 Å². The molecule has 38 heavy (non-hydrogen) atoms. The summed E-state index contributed by atoms with van der Waals surface area (Å²) in [6.45, 7) is 5.74. The number of aromatic nitrogens is 5. The Bertz CT molecular complexity index is 1540. The van der Waals surface area contributed by atoms with E-state index in [-0.39, 0.29) is 24.0 Å². The highest BCUT2D eigenvalue weighted by atomic mass is 35.5. The van der Waals surface area contributed by atoms with Gasteiger partial charge in [0, 0.05) is 24.8 Å². The predicted octanol–water partition coefficient (Wildman–Crippen LogP) is 3.50. The number of rotatable bonds is 6. The number of amides is 2. The predicted molar refractivity (Wildman–Crippen MR) is 141 cm³/mol. The van der Waals surface area contributed by atoms with Gasteiger partial charge in [-0.2, -0.15) is 0 Å². The molecule has 1 aromatic carbocycles. The molecule has 2 aliphatic heterocycles. The van der Waals surface area contributed by atoms with Crippen LogP contribution in [0.3, 0.4) is 0 Å². The Hall–Kier alpha value is -3.96. The smallest absolute Gasteiger partial charge is 0.258 e. The fraction of sp³-hybridized carbons (Fsp3) is 0.346. The number of ether oxygens (including phenoxy) is 2. The van der Waals surface area contributed by atoms with Crippen molar-refractivity contribution in [2.24, 2.45) is 0 Å². The van der Waals surface area contributed by atoms with Crippen LogP contribution in [0.25, 0.3) is 16.7 Å². The van der Waals surface area contributed by atoms with Gasteiger partial charge in [0.05, 0.1) is 30.3 Å². The maximum absolute atomic E-state index is 13.4. The lowest BCUT2D eigenvalue weighted by Gasteiger charge is -2.28. The summed E-state index contributed by atoms with van der Waals surface area (Å²) in [4.78, 5) is 32.4. The molecule has 1 atom stereocenters. The first kappa shape index (κ1) is 24.4. The van der Waals surface area contributed by atoms with E-state index in [1.165, 1.54) is 6.08 Å². The van der Waals surface area contributed by atoms with Crippen LogP contribution in [0, 0.1) is 0 Å². The van der Waals surface area contributed by atoms with Gasteiger partial charge in [-0.15, -0.1) is 10.2 Å². The molecule has 0 bridgehead atoms. The fourth-order valence-corrected chi connectivity index (χ4v) is 5.21. The first-order valence-corrected chi connectivity index (χ1v) is 12.9. The number of anilines is 1. The number of fused-ring (bicyclic) bond motifs is 2. The van der Waals surface area contributed by atoms with E-state index < -0.39 is 0 Å². The van der Waals surface area contributed by atoms with E-state index in [0.717, 1.165) is 19.3 Å². The highest BCUT2D eigenvalue weighted by molar-refractivity contribution is 6.36. The molecule has 0 saturated carbocycles. The highest BCUT2D eigenvalue weighted by Crippen LogP contribution is 2.39. The van der Waals surface area contributed by atoms with E-state index >= 15 is 0 Å². The molecule has 1 N–H and O–H groups in total. The summed E-state index contributed by atoms with van der Waals surface area (Å²) in [5.41, 5.74) is 2.22. The molecule has 2 amide bonds. The van der Waals surface area contributed by atoms with Gasteiger partial charge in [-0.3, -0.25) is 19.3 Å². The lowest BCUT2D eigenvalue weighted by atomic mass is 10.1. The lowest BCUT2D eigenvalue weighted by molar-refractivity contribution is -0.126. The van der Waals surface area contributed by atoms with E-state index in [2.05, 4.69) is 22.1 Å². The quantitative estimate of drug-likeness (QED) is 0.376. The molecule has 2 saturated heterocycles. The van der Waals surface area contributed by atoms with Crippen molar-refractivity contribution in [2.75, 3.05) is 31.6 Å². The Morgan fingerprint density at radius 1 is 1.24 bits per heavy atom. The van der Waals surface area contributed by atoms with Crippen LogP contribution in [0.2, 0.25) is 5.02 Å². The van der Waals surface area contributed by atoms with E-state index in [4.69, 9.17) is 26.1 Å². The number of imidazole rings is 1. The second kappa shape index (κ2) is 10.1. The third kappa shape index (κ3) is 4.48. The van der Waals surface area contributed by atoms with Crippen molar-refractivity contribution in [3.8, 4) is 5.75 Å². The summed E-state index contributed by atoms with van der Waals surface area (Å²) in [6.07, 6.45) is 7.10. The van der Waals surface area contributed by atoms with Crippen molar-refractivity contribution < 1.29 is 19.1 Å². The second-order valence-corrected chi connectivity index (χ2v) is 9.81. The summed E-state index contributed by atoms with van der Waals surface area (Å²) in [7, 11) is 0. The van der Waals surface area contributed by atoms with Crippen LogP contribution in [0.1, 0.15) is 35.7 Å². The molecule has 196 valence electrons. The normalized spacial score (nSPS) is 18.2. The first-order chi connectivity index (χ1) is 18.5. The minimum atomic E-state index is -0.348. The van der Waals surface area contributed by atoms with Gasteiger partial charge in [0.2, 0.25) is 11.9 Å². The third-order valence-electron chi connectivity index (χ3n) is 6.94. The van der Waals surface area contributed by atoms with E-state index in [1.54, 1.807) is 40.0 Å². The number of halogens is 1. The van der Waals surface area contributed by atoms with Gasteiger partial charge in [-0.05, 0) is 49.6 Å². The first-order valence-electron chi connectivity index (χ1n) is 12.5. The van der Waals surface area contributed by atoms with Gasteiger partial charge in [-0.25, -0.2) is 4.98 Å². The second-order valence-electron chi connectivity index (χ2n) is 9.43. The Morgan fingerprint density at radius 3 is 2.89 bits per heavy atom. The van der Waals surface area contributed by atoms with Crippen LogP contribution in [0.4, 0.5) is 5.95 Å². The van der Waals surface area contributed by atoms with Crippen molar-refractivity contribution in [3.05, 3.63) is 60.0 Å². The largest absolute Gasteiger partial charge is 0.484 e. The molecule has 5 heterocycles. The minimum Gasteiger partial charge on any atom is -0.484 e. The number of nitrogens with zero attached hydrogens (tertiary/aromatic N) is 6. The molecule has 11 nitrogen and oxygen atoms in total. The van der Waals surface area contributed by atoms with Crippen molar-refractivity contribution in [1.82, 2.24) is 29.0 Å². The minimum absolute atomic E-state index is 0.0637. The molecule has 0 unspecified atom stereocenters. The van der Waals surface area contributed by atoms with Gasteiger partial charge < -0.3 is 18.9 Å². The van der Waals surface area contributed by atoms with Gasteiger partial charge >= 0.3 is 0 Å². The van der Waals surface area contributed by atoms with Crippen LogP contribution < -0.4 is 10.1 Å². The standard InChI is InChI=1S/C26H26ClN7O4/c1-2-22(35)32-9-4-3-5-17(12-32)34-24-19(6-7-20(23(24)27)38-18-13-37-14-18)29-26(34)30-25(36)16-8-10-33-15-28-31-21(33)11-16/h2,6-8,10-11,15,17-18H,1,3-5,9,12-14H2,(H,29,30,36)/t17-/m1/s1. The van der Waals surface area contributed by atoms with Crippen molar-refractivity contribution in [2.45, 2.75) is 31.4 Å². The SMILES string of the molecule is C=CC(=O)N1CCCC[C@@H](n2c(NC(=O)c3ccn4cnnc4c3)nc3ccc(OC4COC4)c(Cl)c32)C1. The maximum atomic E-state index is 13.4. The number of benzene rings is 1. The van der Waals surface area contributed by atoms with E-state index in [1.807, 2.05) is 10.6 Å². The maximum Gasteiger partial charge on any atom is 0.258 e. The summed E-state index contributed by atoms with van der Waals surface area (Å²) in [5, 5.41) is 11.3. The number of carbonyl (C=O) groups is 2. The average molecular weight is 536 g/mol. The molecule has 12 heteroatoms. The molecular formula is C26H26ClN7O4. The number of hydrogen-bond donors (Lipinski definition) is 1. The molecule has 4 aromatic rings. The molecule has 2 fully saturated rings. The molecule has 0 radical (unpaired) electrons. The van der Waals surface area contributed by atoms with E-state index in [9.17, 15) is 9.59 Å². The van der Waals surface area contributed by atoms with Crippen LogP contribution >= 0.6 is 11.6 Å². The zero-order valence-electron chi connectivity index (χ0n) is 20.5. The fourth-order valence-electron chi connectivity index (χ4n) is 4.92. The van der Waals surface area contributed by atoms with Crippen molar-refractivity contribution >= 4 is 46.0 Å². The topological polar surface area (TPSA) is 116 Å². The Morgan fingerprint density at radius 2 is 2.11 bits per heavy atom. The zero-order valence-corrected chi connectivity index (χ0v) is 21.3. The number of hydrogen-bond acceptors (Lipinski definition) is 7. The number of carbonyl (C=O) groups excluding carboxylic acids is 2. The van der Waals surface area contributed by atoms with Crippen LogP contribution in [-0.4, -0.2) is 73.3 Å². The van der Waals surface area contributed by atoms with Crippen LogP contribution in [0.5, 0.6) is 5.75 Å². The number of nitrogens with one attached hydrogen (secondary N) is 1. The summed E-state index contributed by atoms with van der Waals surface area (Å²) in [6, 6.07) is 6.78. The summed E-state index contributed by atoms with van der Waals surface area (Å²) < 4.78 is 14.9. The summed E-state index contributed by atoms with van der Waals surface area (Å²) in [5.74, 6) is 0.388. The highest BCUT2D eigenvalue weighted by Gasteiger charge is 2.29. The summed E-state index contributed by atoms with van der Waals surface area (Å²) >= 11 is 6.92. The Labute approximate surface area is 223 Å². The van der Waals surface area contributed by atoms with Gasteiger partial charge in [0.25, 0.3) is 5.91 Å². The molecule has 0 aliphatic carbocycles. The monoisotopic (exact) mass is 535 g/mol. The third-order valence-corrected chi connectivity index (χ3v) is 7.31. The molecule has 2 aliphatic rings. The molecule has 0 spiro atoms. The molecular weight excluding hydrogens is 510 g/mol. The lowest BCUT2D eigenvalue weighted by Crippen LogP contribution is -2.38. The van der Waals surface area contributed by atoms with Crippen LogP contribution in [0.15, 0.2) is 49.4 Å². The Balaban J connectivity index is 1.42. The van der Waals surface area contributed by atoms with Gasteiger partial charge in [0.15, 0.2) is 5.65 Å². The average Bonchev–Trinajstić information content (AvgIpc) is 3.43. The van der Waals surface area contributed by atoms with Gasteiger partial charge in [-0.1, -0.05) is 18.2 Å². The van der Waals surface area contributed by atoms with Crippen molar-refractivity contribution in [1.29, 1.82) is 0 Å². The molecule has 6 rings (SSSR count). The zero-order chi connectivity index (χ0) is 26.2. The Kier molecular flexibility index (Phi) is 6.46. The number of likely N-dealkylation sites (tertiary alicyclic amines) is 1. The number of pyridine rings is 1. The van der Waals surface area contributed by atoms with Gasteiger partial charge in [0.1, 0.15) is 23.2 Å². The molecule has 3 aromatic heterocycles.